The Labute approximate surface area is 145 Å². The van der Waals surface area contributed by atoms with Crippen molar-refractivity contribution >= 4 is 11.6 Å². The molecule has 0 unspecified atom stereocenters. The zero-order chi connectivity index (χ0) is 16.9. The third-order valence-electron chi connectivity index (χ3n) is 5.45. The van der Waals surface area contributed by atoms with E-state index in [1.807, 2.05) is 12.4 Å². The van der Waals surface area contributed by atoms with Crippen LogP contribution in [-0.2, 0) is 4.79 Å². The molecule has 0 saturated carbocycles. The van der Waals surface area contributed by atoms with Gasteiger partial charge in [0.15, 0.2) is 0 Å². The zero-order valence-corrected chi connectivity index (χ0v) is 15.1. The smallest absolute Gasteiger partial charge is 0.222 e. The molecule has 0 radical (unpaired) electrons. The van der Waals surface area contributed by atoms with E-state index in [4.69, 9.17) is 0 Å². The van der Waals surface area contributed by atoms with Crippen molar-refractivity contribution in [3.63, 3.8) is 0 Å². The van der Waals surface area contributed by atoms with Gasteiger partial charge in [-0.3, -0.25) is 9.78 Å². The molecule has 0 aromatic carbocycles. The molecular formula is C19H30N4O. The SMILES string of the molecule is Cc1cnccc1N1CCN(C(=O)CC[C@H]2CCCN(C)C2)CC1. The molecule has 0 N–H and O–H groups in total. The molecule has 5 heteroatoms. The predicted octanol–water partition coefficient (Wildman–Crippen LogP) is 2.16. The lowest BCUT2D eigenvalue weighted by Gasteiger charge is -2.37. The molecule has 3 rings (SSSR count). The number of likely N-dealkylation sites (tertiary alicyclic amines) is 1. The number of piperazine rings is 1. The maximum atomic E-state index is 12.5. The normalized spacial score (nSPS) is 22.7. The number of pyridine rings is 1. The van der Waals surface area contributed by atoms with Gasteiger partial charge in [-0.1, -0.05) is 0 Å². The van der Waals surface area contributed by atoms with Gasteiger partial charge in [-0.05, 0) is 57.3 Å². The Bertz CT molecular complexity index is 554. The van der Waals surface area contributed by atoms with E-state index in [1.165, 1.54) is 30.6 Å². The van der Waals surface area contributed by atoms with Crippen LogP contribution in [-0.4, -0.2) is 67.0 Å². The van der Waals surface area contributed by atoms with Gasteiger partial charge in [0.2, 0.25) is 5.91 Å². The number of nitrogens with zero attached hydrogens (tertiary/aromatic N) is 4. The molecule has 0 bridgehead atoms. The second-order valence-corrected chi connectivity index (χ2v) is 7.34. The van der Waals surface area contributed by atoms with Gasteiger partial charge in [0.1, 0.15) is 0 Å². The molecule has 24 heavy (non-hydrogen) atoms. The highest BCUT2D eigenvalue weighted by Gasteiger charge is 2.23. The van der Waals surface area contributed by atoms with Crippen LogP contribution in [0.3, 0.4) is 0 Å². The maximum Gasteiger partial charge on any atom is 0.222 e. The minimum Gasteiger partial charge on any atom is -0.368 e. The lowest BCUT2D eigenvalue weighted by Crippen LogP contribution is -2.49. The molecule has 2 aliphatic heterocycles. The van der Waals surface area contributed by atoms with E-state index in [1.54, 1.807) is 0 Å². The average molecular weight is 330 g/mol. The highest BCUT2D eigenvalue weighted by molar-refractivity contribution is 5.76. The van der Waals surface area contributed by atoms with Gasteiger partial charge in [-0.2, -0.15) is 0 Å². The van der Waals surface area contributed by atoms with Crippen molar-refractivity contribution in [2.75, 3.05) is 51.2 Å². The van der Waals surface area contributed by atoms with E-state index in [-0.39, 0.29) is 0 Å². The first-order valence-corrected chi connectivity index (χ1v) is 9.25. The molecule has 2 aliphatic rings. The monoisotopic (exact) mass is 330 g/mol. The minimum atomic E-state index is 0.342. The second-order valence-electron chi connectivity index (χ2n) is 7.34. The lowest BCUT2D eigenvalue weighted by molar-refractivity contribution is -0.131. The predicted molar refractivity (Wildman–Crippen MR) is 97.2 cm³/mol. The van der Waals surface area contributed by atoms with Crippen LogP contribution >= 0.6 is 0 Å². The van der Waals surface area contributed by atoms with Crippen LogP contribution in [0.2, 0.25) is 0 Å². The summed E-state index contributed by atoms with van der Waals surface area (Å²) in [6.45, 7) is 7.98. The molecule has 1 aromatic heterocycles. The van der Waals surface area contributed by atoms with E-state index in [0.29, 0.717) is 18.2 Å². The summed E-state index contributed by atoms with van der Waals surface area (Å²) in [5.41, 5.74) is 2.46. The molecule has 1 amide bonds. The summed E-state index contributed by atoms with van der Waals surface area (Å²) in [6.07, 6.45) is 8.08. The van der Waals surface area contributed by atoms with Crippen LogP contribution in [0.25, 0.3) is 0 Å². The quantitative estimate of drug-likeness (QED) is 0.848. The maximum absolute atomic E-state index is 12.5. The number of hydrogen-bond donors (Lipinski definition) is 0. The van der Waals surface area contributed by atoms with E-state index >= 15 is 0 Å². The van der Waals surface area contributed by atoms with Crippen molar-refractivity contribution in [3.05, 3.63) is 24.0 Å². The molecular weight excluding hydrogens is 300 g/mol. The molecule has 132 valence electrons. The van der Waals surface area contributed by atoms with Crippen molar-refractivity contribution in [1.29, 1.82) is 0 Å². The molecule has 1 aromatic rings. The largest absolute Gasteiger partial charge is 0.368 e. The van der Waals surface area contributed by atoms with E-state index < -0.39 is 0 Å². The summed E-state index contributed by atoms with van der Waals surface area (Å²) in [6, 6.07) is 2.08. The van der Waals surface area contributed by atoms with Crippen LogP contribution in [0.15, 0.2) is 18.5 Å². The van der Waals surface area contributed by atoms with E-state index in [9.17, 15) is 4.79 Å². The summed E-state index contributed by atoms with van der Waals surface area (Å²) in [5.74, 6) is 1.04. The number of aryl methyl sites for hydroxylation is 1. The van der Waals surface area contributed by atoms with Gasteiger partial charge in [-0.25, -0.2) is 0 Å². The summed E-state index contributed by atoms with van der Waals surface area (Å²) in [5, 5.41) is 0. The molecule has 0 aliphatic carbocycles. The molecule has 3 heterocycles. The fourth-order valence-electron chi connectivity index (χ4n) is 4.01. The van der Waals surface area contributed by atoms with Crippen LogP contribution in [0.4, 0.5) is 5.69 Å². The van der Waals surface area contributed by atoms with Gasteiger partial charge in [-0.15, -0.1) is 0 Å². The number of anilines is 1. The van der Waals surface area contributed by atoms with E-state index in [2.05, 4.69) is 39.7 Å². The topological polar surface area (TPSA) is 39.7 Å². The van der Waals surface area contributed by atoms with Crippen LogP contribution in [0.5, 0.6) is 0 Å². The number of carbonyl (C=O) groups excluding carboxylic acids is 1. The van der Waals surface area contributed by atoms with Crippen molar-refractivity contribution in [1.82, 2.24) is 14.8 Å². The molecule has 0 spiro atoms. The first-order valence-electron chi connectivity index (χ1n) is 9.25. The van der Waals surface area contributed by atoms with Gasteiger partial charge in [0.25, 0.3) is 0 Å². The first-order chi connectivity index (χ1) is 11.6. The molecule has 5 nitrogen and oxygen atoms in total. The van der Waals surface area contributed by atoms with Gasteiger partial charge in [0, 0.05) is 57.2 Å². The number of aromatic nitrogens is 1. The summed E-state index contributed by atoms with van der Waals surface area (Å²) < 4.78 is 0. The Morgan fingerprint density at radius 3 is 2.75 bits per heavy atom. The minimum absolute atomic E-state index is 0.342. The molecule has 2 saturated heterocycles. The Morgan fingerprint density at radius 1 is 1.25 bits per heavy atom. The number of amides is 1. The Morgan fingerprint density at radius 2 is 2.04 bits per heavy atom. The average Bonchev–Trinajstić information content (AvgIpc) is 2.60. The summed E-state index contributed by atoms with van der Waals surface area (Å²) in [7, 11) is 2.19. The fraction of sp³-hybridized carbons (Fsp3) is 0.684. The van der Waals surface area contributed by atoms with Crippen LogP contribution < -0.4 is 4.90 Å². The number of piperidine rings is 1. The number of rotatable bonds is 4. The van der Waals surface area contributed by atoms with E-state index in [0.717, 1.165) is 39.1 Å². The third kappa shape index (κ3) is 4.26. The van der Waals surface area contributed by atoms with Crippen molar-refractivity contribution < 1.29 is 4.79 Å². The lowest BCUT2D eigenvalue weighted by atomic mass is 9.93. The number of hydrogen-bond acceptors (Lipinski definition) is 4. The third-order valence-corrected chi connectivity index (χ3v) is 5.45. The zero-order valence-electron chi connectivity index (χ0n) is 15.1. The highest BCUT2D eigenvalue weighted by Crippen LogP contribution is 2.22. The molecule has 2 fully saturated rings. The van der Waals surface area contributed by atoms with Crippen molar-refractivity contribution in [2.24, 2.45) is 5.92 Å². The Hall–Kier alpha value is -1.62. The second kappa shape index (κ2) is 7.97. The standard InChI is InChI=1S/C19H30N4O/c1-16-14-20-8-7-18(16)22-10-12-23(13-11-22)19(24)6-5-17-4-3-9-21(2)15-17/h7-8,14,17H,3-6,9-13,15H2,1-2H3/t17-/m1/s1. The summed E-state index contributed by atoms with van der Waals surface area (Å²) >= 11 is 0. The Balaban J connectivity index is 1.44. The van der Waals surface area contributed by atoms with Crippen LogP contribution in [0, 0.1) is 12.8 Å². The molecule has 1 atom stereocenters. The van der Waals surface area contributed by atoms with Gasteiger partial charge < -0.3 is 14.7 Å². The van der Waals surface area contributed by atoms with Crippen LogP contribution in [0.1, 0.15) is 31.2 Å². The fourth-order valence-corrected chi connectivity index (χ4v) is 4.01. The number of carbonyl (C=O) groups is 1. The van der Waals surface area contributed by atoms with Crippen molar-refractivity contribution in [3.8, 4) is 0 Å². The first kappa shape index (κ1) is 17.2. The van der Waals surface area contributed by atoms with Crippen molar-refractivity contribution in [2.45, 2.75) is 32.6 Å². The Kier molecular flexibility index (Phi) is 5.72. The van der Waals surface area contributed by atoms with Gasteiger partial charge >= 0.3 is 0 Å². The highest BCUT2D eigenvalue weighted by atomic mass is 16.2. The summed E-state index contributed by atoms with van der Waals surface area (Å²) in [4.78, 5) is 23.5. The van der Waals surface area contributed by atoms with Gasteiger partial charge in [0.05, 0.1) is 0 Å².